The van der Waals surface area contributed by atoms with Crippen molar-refractivity contribution in [2.24, 2.45) is 5.41 Å². The van der Waals surface area contributed by atoms with Gasteiger partial charge < -0.3 is 10.1 Å². The summed E-state index contributed by atoms with van der Waals surface area (Å²) < 4.78 is 4.79. The maximum Gasteiger partial charge on any atom is 0.305 e. The van der Waals surface area contributed by atoms with Gasteiger partial charge in [-0.05, 0) is 26.2 Å². The molecule has 0 saturated heterocycles. The minimum Gasteiger partial charge on any atom is -0.466 e. The molecule has 1 N–H and O–H groups in total. The third-order valence-electron chi connectivity index (χ3n) is 3.25. The second-order valence-electron chi connectivity index (χ2n) is 4.57. The summed E-state index contributed by atoms with van der Waals surface area (Å²) in [7, 11) is 0. The SMILES string of the molecule is CCOC(=O)CCCNC(=O)C1(C#N)CCCC1. The van der Waals surface area contributed by atoms with Crippen LogP contribution in [-0.4, -0.2) is 25.0 Å². The molecule has 0 aromatic carbocycles. The maximum absolute atomic E-state index is 11.9. The van der Waals surface area contributed by atoms with Crippen LogP contribution in [0.25, 0.3) is 0 Å². The van der Waals surface area contributed by atoms with Crippen molar-refractivity contribution in [2.75, 3.05) is 13.2 Å². The van der Waals surface area contributed by atoms with Crippen LogP contribution in [0.2, 0.25) is 0 Å². The Morgan fingerprint density at radius 3 is 2.61 bits per heavy atom. The summed E-state index contributed by atoms with van der Waals surface area (Å²) in [5.74, 6) is -0.436. The topological polar surface area (TPSA) is 79.2 Å². The van der Waals surface area contributed by atoms with Crippen LogP contribution in [0.5, 0.6) is 0 Å². The number of nitrogens with one attached hydrogen (secondary N) is 1. The molecular weight excluding hydrogens is 232 g/mol. The lowest BCUT2D eigenvalue weighted by Crippen LogP contribution is -2.38. The average molecular weight is 252 g/mol. The van der Waals surface area contributed by atoms with E-state index in [0.29, 0.717) is 38.8 Å². The summed E-state index contributed by atoms with van der Waals surface area (Å²) in [4.78, 5) is 23.0. The molecule has 0 atom stereocenters. The van der Waals surface area contributed by atoms with Crippen LogP contribution < -0.4 is 5.32 Å². The van der Waals surface area contributed by atoms with Crippen LogP contribution in [0.4, 0.5) is 0 Å². The zero-order chi connectivity index (χ0) is 13.4. The molecule has 0 heterocycles. The van der Waals surface area contributed by atoms with Crippen LogP contribution in [0.15, 0.2) is 0 Å². The van der Waals surface area contributed by atoms with E-state index < -0.39 is 5.41 Å². The maximum atomic E-state index is 11.9. The Balaban J connectivity index is 2.25. The third-order valence-corrected chi connectivity index (χ3v) is 3.25. The Labute approximate surface area is 107 Å². The summed E-state index contributed by atoms with van der Waals surface area (Å²) >= 11 is 0. The molecule has 100 valence electrons. The van der Waals surface area contributed by atoms with Gasteiger partial charge in [0.2, 0.25) is 5.91 Å². The lowest BCUT2D eigenvalue weighted by Gasteiger charge is -2.18. The first kappa shape index (κ1) is 14.5. The largest absolute Gasteiger partial charge is 0.466 e. The smallest absolute Gasteiger partial charge is 0.305 e. The summed E-state index contributed by atoms with van der Waals surface area (Å²) in [6.07, 6.45) is 4.01. The molecule has 0 spiro atoms. The molecule has 1 rings (SSSR count). The lowest BCUT2D eigenvalue weighted by atomic mass is 9.87. The number of amides is 1. The van der Waals surface area contributed by atoms with E-state index in [1.54, 1.807) is 6.92 Å². The van der Waals surface area contributed by atoms with Crippen LogP contribution in [-0.2, 0) is 14.3 Å². The normalized spacial score (nSPS) is 16.9. The summed E-state index contributed by atoms with van der Waals surface area (Å²) in [5, 5.41) is 11.9. The van der Waals surface area contributed by atoms with Crippen molar-refractivity contribution in [2.45, 2.75) is 45.4 Å². The number of carbonyl (C=O) groups is 2. The lowest BCUT2D eigenvalue weighted by molar-refractivity contribution is -0.143. The molecule has 1 aliphatic rings. The highest BCUT2D eigenvalue weighted by Gasteiger charge is 2.41. The minimum atomic E-state index is -0.829. The van der Waals surface area contributed by atoms with Crippen molar-refractivity contribution < 1.29 is 14.3 Å². The standard InChI is InChI=1S/C13H20N2O3/c1-2-18-11(16)6-5-9-15-12(17)13(10-14)7-3-4-8-13/h2-9H2,1H3,(H,15,17). The molecule has 5 nitrogen and oxygen atoms in total. The quantitative estimate of drug-likeness (QED) is 0.574. The molecule has 18 heavy (non-hydrogen) atoms. The van der Waals surface area contributed by atoms with Crippen molar-refractivity contribution in [1.82, 2.24) is 5.32 Å². The number of carbonyl (C=O) groups excluding carboxylic acids is 2. The predicted molar refractivity (Wildman–Crippen MR) is 65.4 cm³/mol. The minimum absolute atomic E-state index is 0.189. The van der Waals surface area contributed by atoms with Gasteiger partial charge in [-0.1, -0.05) is 12.8 Å². The van der Waals surface area contributed by atoms with E-state index in [9.17, 15) is 9.59 Å². The molecule has 0 aromatic rings. The fourth-order valence-corrected chi connectivity index (χ4v) is 2.21. The van der Waals surface area contributed by atoms with E-state index in [2.05, 4.69) is 11.4 Å². The van der Waals surface area contributed by atoms with Gasteiger partial charge in [-0.2, -0.15) is 5.26 Å². The highest BCUT2D eigenvalue weighted by atomic mass is 16.5. The van der Waals surface area contributed by atoms with Crippen molar-refractivity contribution in [3.63, 3.8) is 0 Å². The zero-order valence-corrected chi connectivity index (χ0v) is 10.8. The molecule has 1 fully saturated rings. The number of ether oxygens (including phenoxy) is 1. The fourth-order valence-electron chi connectivity index (χ4n) is 2.21. The number of esters is 1. The number of hydrogen-bond donors (Lipinski definition) is 1. The van der Waals surface area contributed by atoms with E-state index >= 15 is 0 Å². The Kier molecular flexibility index (Phi) is 5.63. The van der Waals surface area contributed by atoms with Gasteiger partial charge in [0.05, 0.1) is 12.7 Å². The number of rotatable bonds is 6. The molecule has 1 saturated carbocycles. The zero-order valence-electron chi connectivity index (χ0n) is 10.8. The van der Waals surface area contributed by atoms with E-state index in [0.717, 1.165) is 12.8 Å². The third kappa shape index (κ3) is 3.73. The molecule has 0 radical (unpaired) electrons. The van der Waals surface area contributed by atoms with Gasteiger partial charge in [0.25, 0.3) is 0 Å². The highest BCUT2D eigenvalue weighted by molar-refractivity contribution is 5.85. The molecule has 1 aliphatic carbocycles. The van der Waals surface area contributed by atoms with Crippen molar-refractivity contribution >= 4 is 11.9 Å². The van der Waals surface area contributed by atoms with Gasteiger partial charge in [0.15, 0.2) is 0 Å². The van der Waals surface area contributed by atoms with Crippen LogP contribution in [0.1, 0.15) is 45.4 Å². The predicted octanol–water partition coefficient (Wildman–Crippen LogP) is 1.53. The average Bonchev–Trinajstić information content (AvgIpc) is 2.84. The van der Waals surface area contributed by atoms with Gasteiger partial charge in [0, 0.05) is 13.0 Å². The summed E-state index contributed by atoms with van der Waals surface area (Å²) in [5.41, 5.74) is -0.829. The fraction of sp³-hybridized carbons (Fsp3) is 0.769. The first-order valence-corrected chi connectivity index (χ1v) is 6.50. The second kappa shape index (κ2) is 7.00. The van der Waals surface area contributed by atoms with Gasteiger partial charge in [-0.25, -0.2) is 0 Å². The number of nitrogens with zero attached hydrogens (tertiary/aromatic N) is 1. The van der Waals surface area contributed by atoms with Crippen LogP contribution in [0, 0.1) is 16.7 Å². The van der Waals surface area contributed by atoms with Crippen molar-refractivity contribution in [3.05, 3.63) is 0 Å². The molecular formula is C13H20N2O3. The van der Waals surface area contributed by atoms with E-state index in [-0.39, 0.29) is 11.9 Å². The molecule has 0 aromatic heterocycles. The Hall–Kier alpha value is -1.57. The van der Waals surface area contributed by atoms with E-state index in [1.165, 1.54) is 0 Å². The molecule has 5 heteroatoms. The van der Waals surface area contributed by atoms with Crippen molar-refractivity contribution in [1.29, 1.82) is 5.26 Å². The summed E-state index contributed by atoms with van der Waals surface area (Å²) in [6.45, 7) is 2.56. The Bertz CT molecular complexity index is 341. The molecule has 0 bridgehead atoms. The molecule has 0 aliphatic heterocycles. The Morgan fingerprint density at radius 2 is 2.06 bits per heavy atom. The van der Waals surface area contributed by atoms with Gasteiger partial charge in [-0.15, -0.1) is 0 Å². The monoisotopic (exact) mass is 252 g/mol. The van der Waals surface area contributed by atoms with Gasteiger partial charge in [-0.3, -0.25) is 9.59 Å². The molecule has 0 unspecified atom stereocenters. The first-order valence-electron chi connectivity index (χ1n) is 6.50. The van der Waals surface area contributed by atoms with Crippen molar-refractivity contribution in [3.8, 4) is 6.07 Å². The van der Waals surface area contributed by atoms with Gasteiger partial charge in [0.1, 0.15) is 5.41 Å². The Morgan fingerprint density at radius 1 is 1.39 bits per heavy atom. The highest BCUT2D eigenvalue weighted by Crippen LogP contribution is 2.37. The molecule has 1 amide bonds. The first-order chi connectivity index (χ1) is 8.64. The number of nitriles is 1. The van der Waals surface area contributed by atoms with E-state index in [1.807, 2.05) is 0 Å². The van der Waals surface area contributed by atoms with Gasteiger partial charge >= 0.3 is 5.97 Å². The number of hydrogen-bond acceptors (Lipinski definition) is 4. The summed E-state index contributed by atoms with van der Waals surface area (Å²) in [6, 6.07) is 2.14. The second-order valence-corrected chi connectivity index (χ2v) is 4.57. The van der Waals surface area contributed by atoms with Crippen LogP contribution >= 0.6 is 0 Å². The van der Waals surface area contributed by atoms with Crippen LogP contribution in [0.3, 0.4) is 0 Å². The van der Waals surface area contributed by atoms with E-state index in [4.69, 9.17) is 10.00 Å².